The number of carbonyl (C=O) groups is 1. The molecule has 1 aromatic heterocycles. The number of aryl methyl sites for hydroxylation is 1. The molecule has 2 saturated heterocycles. The second kappa shape index (κ2) is 8.29. The van der Waals surface area contributed by atoms with Gasteiger partial charge in [0.1, 0.15) is 5.82 Å². The first kappa shape index (κ1) is 18.4. The van der Waals surface area contributed by atoms with Gasteiger partial charge in [-0.15, -0.1) is 0 Å². The van der Waals surface area contributed by atoms with E-state index >= 15 is 0 Å². The van der Waals surface area contributed by atoms with Crippen LogP contribution in [0.5, 0.6) is 0 Å². The molecule has 3 heterocycles. The SMILES string of the molecule is Cc1nccn1CCN1CCN(CC(=O)N2CC(C)OC(C)C2)CC1. The van der Waals surface area contributed by atoms with E-state index in [1.807, 2.05) is 38.1 Å². The molecule has 3 rings (SSSR count). The maximum absolute atomic E-state index is 12.6. The molecule has 2 aliphatic rings. The van der Waals surface area contributed by atoms with E-state index in [0.29, 0.717) is 19.6 Å². The Balaban J connectivity index is 1.38. The normalized spacial score (nSPS) is 26.1. The van der Waals surface area contributed by atoms with Gasteiger partial charge in [-0.1, -0.05) is 0 Å². The van der Waals surface area contributed by atoms with Gasteiger partial charge in [0.25, 0.3) is 0 Å². The van der Waals surface area contributed by atoms with Crippen molar-refractivity contribution in [1.29, 1.82) is 0 Å². The Bertz CT molecular complexity index is 558. The summed E-state index contributed by atoms with van der Waals surface area (Å²) in [7, 11) is 0. The van der Waals surface area contributed by atoms with Gasteiger partial charge >= 0.3 is 0 Å². The van der Waals surface area contributed by atoms with Gasteiger partial charge in [0, 0.05) is 64.8 Å². The first-order valence-corrected chi connectivity index (χ1v) is 9.37. The highest BCUT2D eigenvalue weighted by molar-refractivity contribution is 5.78. The highest BCUT2D eigenvalue weighted by Gasteiger charge is 2.27. The topological polar surface area (TPSA) is 53.8 Å². The number of carbonyl (C=O) groups excluding carboxylic acids is 1. The number of amides is 1. The molecule has 0 radical (unpaired) electrons. The molecule has 2 aliphatic heterocycles. The van der Waals surface area contributed by atoms with Crippen molar-refractivity contribution in [3.05, 3.63) is 18.2 Å². The van der Waals surface area contributed by atoms with Gasteiger partial charge in [-0.25, -0.2) is 4.98 Å². The molecule has 2 atom stereocenters. The molecule has 0 spiro atoms. The molecule has 7 nitrogen and oxygen atoms in total. The Kier molecular flexibility index (Phi) is 6.09. The molecule has 0 bridgehead atoms. The second-order valence-corrected chi connectivity index (χ2v) is 7.34. The average molecular weight is 349 g/mol. The van der Waals surface area contributed by atoms with Crippen LogP contribution in [0.15, 0.2) is 12.4 Å². The summed E-state index contributed by atoms with van der Waals surface area (Å²) < 4.78 is 7.91. The van der Waals surface area contributed by atoms with Crippen LogP contribution in [0.25, 0.3) is 0 Å². The van der Waals surface area contributed by atoms with Crippen LogP contribution in [0.2, 0.25) is 0 Å². The fraction of sp³-hybridized carbons (Fsp3) is 0.778. The first-order valence-electron chi connectivity index (χ1n) is 9.37. The fourth-order valence-electron chi connectivity index (χ4n) is 3.73. The third-order valence-electron chi connectivity index (χ3n) is 5.18. The number of piperazine rings is 1. The molecule has 140 valence electrons. The second-order valence-electron chi connectivity index (χ2n) is 7.34. The quantitative estimate of drug-likeness (QED) is 0.772. The first-order chi connectivity index (χ1) is 12.0. The van der Waals surface area contributed by atoms with Crippen molar-refractivity contribution in [2.45, 2.75) is 39.5 Å². The number of rotatable bonds is 5. The Labute approximate surface area is 150 Å². The van der Waals surface area contributed by atoms with Crippen LogP contribution in [0.3, 0.4) is 0 Å². The van der Waals surface area contributed by atoms with Crippen molar-refractivity contribution < 1.29 is 9.53 Å². The number of hydrogen-bond donors (Lipinski definition) is 0. The summed E-state index contributed by atoms with van der Waals surface area (Å²) in [6, 6.07) is 0. The zero-order valence-corrected chi connectivity index (χ0v) is 15.7. The highest BCUT2D eigenvalue weighted by atomic mass is 16.5. The molecule has 2 fully saturated rings. The molecule has 7 heteroatoms. The Morgan fingerprint density at radius 2 is 1.76 bits per heavy atom. The standard InChI is InChI=1S/C18H31N5O2/c1-15-12-23(13-16(2)25-15)18(24)14-21-8-6-20(7-9-21)10-11-22-5-4-19-17(22)3/h4-5,15-16H,6-14H2,1-3H3. The molecule has 25 heavy (non-hydrogen) atoms. The minimum atomic E-state index is 0.135. The van der Waals surface area contributed by atoms with Crippen molar-refractivity contribution in [3.63, 3.8) is 0 Å². The summed E-state index contributed by atoms with van der Waals surface area (Å²) in [6.07, 6.45) is 4.16. The molecule has 1 aromatic rings. The molecular formula is C18H31N5O2. The van der Waals surface area contributed by atoms with E-state index in [9.17, 15) is 4.79 Å². The Morgan fingerprint density at radius 1 is 1.12 bits per heavy atom. The van der Waals surface area contributed by atoms with E-state index in [2.05, 4.69) is 19.4 Å². The number of imidazole rings is 1. The highest BCUT2D eigenvalue weighted by Crippen LogP contribution is 2.12. The van der Waals surface area contributed by atoms with E-state index in [0.717, 1.165) is 45.1 Å². The summed E-state index contributed by atoms with van der Waals surface area (Å²) >= 11 is 0. The van der Waals surface area contributed by atoms with Gasteiger partial charge < -0.3 is 14.2 Å². The molecule has 0 aliphatic carbocycles. The summed E-state index contributed by atoms with van der Waals surface area (Å²) in [5.74, 6) is 1.31. The van der Waals surface area contributed by atoms with Crippen LogP contribution in [0, 0.1) is 6.92 Å². The number of morpholine rings is 1. The van der Waals surface area contributed by atoms with Crippen molar-refractivity contribution in [1.82, 2.24) is 24.3 Å². The lowest BCUT2D eigenvalue weighted by Crippen LogP contribution is -2.54. The van der Waals surface area contributed by atoms with Gasteiger partial charge in [-0.3, -0.25) is 14.6 Å². The van der Waals surface area contributed by atoms with Crippen molar-refractivity contribution in [2.75, 3.05) is 52.4 Å². The van der Waals surface area contributed by atoms with Crippen LogP contribution in [-0.4, -0.2) is 94.7 Å². The van der Waals surface area contributed by atoms with Crippen LogP contribution in [0.1, 0.15) is 19.7 Å². The summed E-state index contributed by atoms with van der Waals surface area (Å²) in [6.45, 7) is 14.1. The predicted molar refractivity (Wildman–Crippen MR) is 96.4 cm³/mol. The van der Waals surface area contributed by atoms with Crippen molar-refractivity contribution in [3.8, 4) is 0 Å². The maximum Gasteiger partial charge on any atom is 0.236 e. The molecule has 0 saturated carbocycles. The van der Waals surface area contributed by atoms with Crippen molar-refractivity contribution >= 4 is 5.91 Å². The monoisotopic (exact) mass is 349 g/mol. The number of aromatic nitrogens is 2. The molecule has 0 N–H and O–H groups in total. The summed E-state index contributed by atoms with van der Waals surface area (Å²) in [5, 5.41) is 0. The average Bonchev–Trinajstić information content (AvgIpc) is 2.98. The Morgan fingerprint density at radius 3 is 2.36 bits per heavy atom. The third-order valence-corrected chi connectivity index (χ3v) is 5.18. The number of nitrogens with zero attached hydrogens (tertiary/aromatic N) is 5. The molecular weight excluding hydrogens is 318 g/mol. The lowest BCUT2D eigenvalue weighted by atomic mass is 10.2. The van der Waals surface area contributed by atoms with Gasteiger partial charge in [0.15, 0.2) is 0 Å². The van der Waals surface area contributed by atoms with Gasteiger partial charge in [0.05, 0.1) is 18.8 Å². The Hall–Kier alpha value is -1.44. The minimum Gasteiger partial charge on any atom is -0.372 e. The lowest BCUT2D eigenvalue weighted by Gasteiger charge is -2.38. The van der Waals surface area contributed by atoms with E-state index in [-0.39, 0.29) is 18.1 Å². The molecule has 0 aromatic carbocycles. The van der Waals surface area contributed by atoms with Gasteiger partial charge in [0.2, 0.25) is 5.91 Å². The zero-order chi connectivity index (χ0) is 17.8. The van der Waals surface area contributed by atoms with Crippen LogP contribution in [0.4, 0.5) is 0 Å². The molecule has 1 amide bonds. The van der Waals surface area contributed by atoms with Crippen LogP contribution in [-0.2, 0) is 16.1 Å². The summed E-state index contributed by atoms with van der Waals surface area (Å²) in [4.78, 5) is 23.5. The van der Waals surface area contributed by atoms with E-state index in [4.69, 9.17) is 4.74 Å². The fourth-order valence-corrected chi connectivity index (χ4v) is 3.73. The predicted octanol–water partition coefficient (Wildman–Crippen LogP) is 0.445. The van der Waals surface area contributed by atoms with Crippen LogP contribution >= 0.6 is 0 Å². The summed E-state index contributed by atoms with van der Waals surface area (Å²) in [5.41, 5.74) is 0. The van der Waals surface area contributed by atoms with Gasteiger partial charge in [-0.05, 0) is 20.8 Å². The third kappa shape index (κ3) is 5.03. The number of ether oxygens (including phenoxy) is 1. The van der Waals surface area contributed by atoms with Gasteiger partial charge in [-0.2, -0.15) is 0 Å². The van der Waals surface area contributed by atoms with E-state index in [1.165, 1.54) is 0 Å². The van der Waals surface area contributed by atoms with E-state index < -0.39 is 0 Å². The molecule has 2 unspecified atom stereocenters. The van der Waals surface area contributed by atoms with E-state index in [1.54, 1.807) is 0 Å². The number of hydrogen-bond acceptors (Lipinski definition) is 5. The lowest BCUT2D eigenvalue weighted by molar-refractivity contribution is -0.144. The minimum absolute atomic E-state index is 0.135. The smallest absolute Gasteiger partial charge is 0.236 e. The largest absolute Gasteiger partial charge is 0.372 e. The van der Waals surface area contributed by atoms with Crippen molar-refractivity contribution in [2.24, 2.45) is 0 Å². The zero-order valence-electron chi connectivity index (χ0n) is 15.7. The van der Waals surface area contributed by atoms with Crippen LogP contribution < -0.4 is 0 Å². The maximum atomic E-state index is 12.6.